The molecule has 0 saturated heterocycles. The van der Waals surface area contributed by atoms with Crippen LogP contribution in [0.1, 0.15) is 26.3 Å². The normalized spacial score (nSPS) is 10.3. The summed E-state index contributed by atoms with van der Waals surface area (Å²) >= 11 is 0. The number of hydrogen-bond acceptors (Lipinski definition) is 2. The van der Waals surface area contributed by atoms with Gasteiger partial charge in [0.15, 0.2) is 0 Å². The Morgan fingerprint density at radius 1 is 1.31 bits per heavy atom. The molecule has 3 heteroatoms. The Balaban J connectivity index is 2.81. The van der Waals surface area contributed by atoms with Crippen LogP contribution in [-0.2, 0) is 4.74 Å². The van der Waals surface area contributed by atoms with Crippen LogP contribution >= 0.6 is 0 Å². The highest BCUT2D eigenvalue weighted by atomic mass is 16.6. The number of carbonyl (C=O) groups excluding carboxylic acids is 1. The number of hydrogen-bond donors (Lipinski definition) is 0. The van der Waals surface area contributed by atoms with Crippen LogP contribution in [0.3, 0.4) is 0 Å². The molecule has 0 bridgehead atoms. The SMILES string of the molecule is CCN(C(=O)OC(C)C)c1ccc(C)cc1. The summed E-state index contributed by atoms with van der Waals surface area (Å²) in [6.45, 7) is 8.25. The second kappa shape index (κ2) is 5.54. The van der Waals surface area contributed by atoms with Gasteiger partial charge in [-0.25, -0.2) is 4.79 Å². The first-order valence-electron chi connectivity index (χ1n) is 5.59. The van der Waals surface area contributed by atoms with E-state index in [0.29, 0.717) is 6.54 Å². The summed E-state index contributed by atoms with van der Waals surface area (Å²) in [4.78, 5) is 13.4. The summed E-state index contributed by atoms with van der Waals surface area (Å²) in [5, 5.41) is 0. The van der Waals surface area contributed by atoms with Gasteiger partial charge < -0.3 is 4.74 Å². The molecule has 0 spiro atoms. The number of anilines is 1. The van der Waals surface area contributed by atoms with Gasteiger partial charge in [0, 0.05) is 12.2 Å². The van der Waals surface area contributed by atoms with Crippen LogP contribution in [0.25, 0.3) is 0 Å². The van der Waals surface area contributed by atoms with Gasteiger partial charge in [0.05, 0.1) is 6.10 Å². The Kier molecular flexibility index (Phi) is 4.35. The van der Waals surface area contributed by atoms with Crippen molar-refractivity contribution in [2.45, 2.75) is 33.8 Å². The quantitative estimate of drug-likeness (QED) is 0.783. The van der Waals surface area contributed by atoms with Gasteiger partial charge >= 0.3 is 6.09 Å². The van der Waals surface area contributed by atoms with Crippen LogP contribution in [0.4, 0.5) is 10.5 Å². The first-order chi connectivity index (χ1) is 7.54. The van der Waals surface area contributed by atoms with Crippen LogP contribution in [0.5, 0.6) is 0 Å². The largest absolute Gasteiger partial charge is 0.446 e. The summed E-state index contributed by atoms with van der Waals surface area (Å²) in [5.41, 5.74) is 2.05. The minimum Gasteiger partial charge on any atom is -0.446 e. The number of benzene rings is 1. The fourth-order valence-electron chi connectivity index (χ4n) is 1.41. The van der Waals surface area contributed by atoms with Crippen LogP contribution in [0.2, 0.25) is 0 Å². The van der Waals surface area contributed by atoms with E-state index in [1.165, 1.54) is 5.56 Å². The van der Waals surface area contributed by atoms with Crippen LogP contribution < -0.4 is 4.90 Å². The molecule has 0 saturated carbocycles. The fraction of sp³-hybridized carbons (Fsp3) is 0.462. The average molecular weight is 221 g/mol. The van der Waals surface area contributed by atoms with E-state index in [2.05, 4.69) is 0 Å². The zero-order chi connectivity index (χ0) is 12.1. The Labute approximate surface area is 97.0 Å². The van der Waals surface area contributed by atoms with Gasteiger partial charge in [-0.05, 0) is 39.8 Å². The minimum atomic E-state index is -0.290. The van der Waals surface area contributed by atoms with Crippen molar-refractivity contribution in [3.8, 4) is 0 Å². The molecule has 3 nitrogen and oxygen atoms in total. The maximum atomic E-state index is 11.8. The molecule has 1 aromatic rings. The Morgan fingerprint density at radius 2 is 1.88 bits per heavy atom. The fourth-order valence-corrected chi connectivity index (χ4v) is 1.41. The van der Waals surface area contributed by atoms with Gasteiger partial charge in [-0.1, -0.05) is 17.7 Å². The number of amides is 1. The van der Waals surface area contributed by atoms with Crippen LogP contribution in [-0.4, -0.2) is 18.7 Å². The van der Waals surface area contributed by atoms with Crippen molar-refractivity contribution >= 4 is 11.8 Å². The number of aryl methyl sites for hydroxylation is 1. The zero-order valence-corrected chi connectivity index (χ0v) is 10.4. The lowest BCUT2D eigenvalue weighted by Crippen LogP contribution is -2.32. The van der Waals surface area contributed by atoms with E-state index in [4.69, 9.17) is 4.74 Å². The minimum absolute atomic E-state index is 0.0907. The molecule has 1 amide bonds. The summed E-state index contributed by atoms with van der Waals surface area (Å²) in [7, 11) is 0. The molecular formula is C13H19NO2. The van der Waals surface area contributed by atoms with Crippen molar-refractivity contribution in [3.63, 3.8) is 0 Å². The molecule has 0 N–H and O–H groups in total. The summed E-state index contributed by atoms with van der Waals surface area (Å²) in [5.74, 6) is 0. The number of rotatable bonds is 3. The summed E-state index contributed by atoms with van der Waals surface area (Å²) in [6, 6.07) is 7.84. The van der Waals surface area contributed by atoms with Gasteiger partial charge in [0.1, 0.15) is 0 Å². The maximum Gasteiger partial charge on any atom is 0.414 e. The molecule has 16 heavy (non-hydrogen) atoms. The molecule has 0 aromatic heterocycles. The molecule has 0 aliphatic rings. The Morgan fingerprint density at radius 3 is 2.31 bits per heavy atom. The lowest BCUT2D eigenvalue weighted by molar-refractivity contribution is 0.123. The van der Waals surface area contributed by atoms with E-state index >= 15 is 0 Å². The van der Waals surface area contributed by atoms with E-state index in [1.54, 1.807) is 4.90 Å². The van der Waals surface area contributed by atoms with Crippen LogP contribution in [0.15, 0.2) is 24.3 Å². The molecular weight excluding hydrogens is 202 g/mol. The van der Waals surface area contributed by atoms with Crippen molar-refractivity contribution in [3.05, 3.63) is 29.8 Å². The van der Waals surface area contributed by atoms with Crippen LogP contribution in [0, 0.1) is 6.92 Å². The van der Waals surface area contributed by atoms with E-state index in [0.717, 1.165) is 5.69 Å². The molecule has 0 aliphatic carbocycles. The standard InChI is InChI=1S/C13H19NO2/c1-5-14(13(15)16-10(2)3)12-8-6-11(4)7-9-12/h6-10H,5H2,1-4H3. The average Bonchev–Trinajstić information content (AvgIpc) is 2.21. The Bertz CT molecular complexity index is 343. The lowest BCUT2D eigenvalue weighted by Gasteiger charge is -2.21. The van der Waals surface area contributed by atoms with Crippen molar-refractivity contribution in [1.29, 1.82) is 0 Å². The molecule has 1 rings (SSSR count). The number of carbonyl (C=O) groups is 1. The van der Waals surface area contributed by atoms with Crippen molar-refractivity contribution in [2.75, 3.05) is 11.4 Å². The monoisotopic (exact) mass is 221 g/mol. The van der Waals surface area contributed by atoms with Gasteiger partial charge in [0.2, 0.25) is 0 Å². The molecule has 0 unspecified atom stereocenters. The third-order valence-corrected chi connectivity index (χ3v) is 2.22. The van der Waals surface area contributed by atoms with Gasteiger partial charge in [-0.2, -0.15) is 0 Å². The Hall–Kier alpha value is -1.51. The molecule has 0 heterocycles. The smallest absolute Gasteiger partial charge is 0.414 e. The number of ether oxygens (including phenoxy) is 1. The molecule has 0 radical (unpaired) electrons. The first kappa shape index (κ1) is 12.6. The summed E-state index contributed by atoms with van der Waals surface area (Å²) < 4.78 is 5.17. The highest BCUT2D eigenvalue weighted by molar-refractivity contribution is 5.87. The lowest BCUT2D eigenvalue weighted by atomic mass is 10.2. The van der Waals surface area contributed by atoms with E-state index in [1.807, 2.05) is 52.0 Å². The second-order valence-electron chi connectivity index (χ2n) is 4.01. The van der Waals surface area contributed by atoms with E-state index in [-0.39, 0.29) is 12.2 Å². The molecule has 1 aromatic carbocycles. The van der Waals surface area contributed by atoms with E-state index in [9.17, 15) is 4.79 Å². The zero-order valence-electron chi connectivity index (χ0n) is 10.4. The second-order valence-corrected chi connectivity index (χ2v) is 4.01. The van der Waals surface area contributed by atoms with Crippen molar-refractivity contribution < 1.29 is 9.53 Å². The topological polar surface area (TPSA) is 29.5 Å². The number of nitrogens with zero attached hydrogens (tertiary/aromatic N) is 1. The van der Waals surface area contributed by atoms with Crippen molar-refractivity contribution in [1.82, 2.24) is 0 Å². The third kappa shape index (κ3) is 3.26. The van der Waals surface area contributed by atoms with Gasteiger partial charge in [-0.3, -0.25) is 4.90 Å². The predicted octanol–water partition coefficient (Wildman–Crippen LogP) is 3.37. The molecule has 0 fully saturated rings. The third-order valence-electron chi connectivity index (χ3n) is 2.22. The molecule has 0 atom stereocenters. The maximum absolute atomic E-state index is 11.8. The van der Waals surface area contributed by atoms with E-state index < -0.39 is 0 Å². The summed E-state index contributed by atoms with van der Waals surface area (Å²) in [6.07, 6.45) is -0.381. The first-order valence-corrected chi connectivity index (χ1v) is 5.59. The molecule has 0 aliphatic heterocycles. The van der Waals surface area contributed by atoms with Gasteiger partial charge in [0.25, 0.3) is 0 Å². The molecule has 88 valence electrons. The highest BCUT2D eigenvalue weighted by Gasteiger charge is 2.15. The highest BCUT2D eigenvalue weighted by Crippen LogP contribution is 2.16. The predicted molar refractivity (Wildman–Crippen MR) is 65.8 cm³/mol. The van der Waals surface area contributed by atoms with Gasteiger partial charge in [-0.15, -0.1) is 0 Å². The van der Waals surface area contributed by atoms with Crippen molar-refractivity contribution in [2.24, 2.45) is 0 Å².